The molecule has 0 aromatic heterocycles. The van der Waals surface area contributed by atoms with Gasteiger partial charge in [-0.15, -0.1) is 0 Å². The lowest BCUT2D eigenvalue weighted by Gasteiger charge is -2.02. The second kappa shape index (κ2) is 6.02. The molecule has 2 aromatic carbocycles. The van der Waals surface area contributed by atoms with Crippen LogP contribution in [0.3, 0.4) is 0 Å². The van der Waals surface area contributed by atoms with Gasteiger partial charge in [0.05, 0.1) is 0 Å². The predicted octanol–water partition coefficient (Wildman–Crippen LogP) is 1.51. The van der Waals surface area contributed by atoms with Crippen molar-refractivity contribution in [3.8, 4) is 0 Å². The van der Waals surface area contributed by atoms with Crippen LogP contribution in [-0.4, -0.2) is 24.8 Å². The molecule has 110 valence electrons. The van der Waals surface area contributed by atoms with Gasteiger partial charge < -0.3 is 0 Å². The summed E-state index contributed by atoms with van der Waals surface area (Å²) >= 11 is 0. The zero-order chi connectivity index (χ0) is 15.5. The van der Waals surface area contributed by atoms with Crippen LogP contribution in [0.4, 0.5) is 0 Å². The SMILES string of the molecule is O=C1CCC(=O)N1.O=S(=O)(O)c1cccc2ccccc12. The van der Waals surface area contributed by atoms with E-state index in [-0.39, 0.29) is 16.7 Å². The third-order valence-electron chi connectivity index (χ3n) is 2.89. The number of carbonyl (C=O) groups is 2. The number of imide groups is 1. The molecule has 0 spiro atoms. The van der Waals surface area contributed by atoms with Crippen LogP contribution in [0.1, 0.15) is 12.8 Å². The number of benzene rings is 2. The Morgan fingerprint density at radius 2 is 1.48 bits per heavy atom. The topological polar surface area (TPSA) is 101 Å². The Labute approximate surface area is 121 Å². The van der Waals surface area contributed by atoms with E-state index in [0.29, 0.717) is 18.2 Å². The Hall–Kier alpha value is -2.25. The Morgan fingerprint density at radius 3 is 2.00 bits per heavy atom. The molecule has 2 amide bonds. The molecule has 21 heavy (non-hydrogen) atoms. The third-order valence-corrected chi connectivity index (χ3v) is 3.80. The fourth-order valence-corrected chi connectivity index (χ4v) is 2.64. The van der Waals surface area contributed by atoms with Gasteiger partial charge in [-0.3, -0.25) is 19.5 Å². The van der Waals surface area contributed by atoms with Gasteiger partial charge in [0.25, 0.3) is 10.1 Å². The molecule has 1 fully saturated rings. The lowest BCUT2D eigenvalue weighted by atomic mass is 10.1. The molecule has 1 heterocycles. The van der Waals surface area contributed by atoms with E-state index in [2.05, 4.69) is 5.32 Å². The zero-order valence-electron chi connectivity index (χ0n) is 10.9. The molecule has 2 N–H and O–H groups in total. The van der Waals surface area contributed by atoms with Crippen molar-refractivity contribution in [3.05, 3.63) is 42.5 Å². The van der Waals surface area contributed by atoms with Gasteiger partial charge in [0.2, 0.25) is 11.8 Å². The molecule has 2 aromatic rings. The van der Waals surface area contributed by atoms with Crippen LogP contribution >= 0.6 is 0 Å². The van der Waals surface area contributed by atoms with Gasteiger partial charge in [-0.1, -0.05) is 36.4 Å². The van der Waals surface area contributed by atoms with E-state index in [4.69, 9.17) is 4.55 Å². The van der Waals surface area contributed by atoms with Gasteiger partial charge in [-0.25, -0.2) is 0 Å². The van der Waals surface area contributed by atoms with Crippen molar-refractivity contribution in [1.29, 1.82) is 0 Å². The van der Waals surface area contributed by atoms with E-state index in [0.717, 1.165) is 5.39 Å². The summed E-state index contributed by atoms with van der Waals surface area (Å²) in [6.45, 7) is 0. The van der Waals surface area contributed by atoms with E-state index in [1.54, 1.807) is 30.3 Å². The van der Waals surface area contributed by atoms with E-state index >= 15 is 0 Å². The van der Waals surface area contributed by atoms with Crippen LogP contribution in [0, 0.1) is 0 Å². The molecule has 0 bridgehead atoms. The molecular weight excluding hydrogens is 294 g/mol. The number of hydrogen-bond donors (Lipinski definition) is 2. The smallest absolute Gasteiger partial charge is 0.295 e. The molecule has 6 nitrogen and oxygen atoms in total. The van der Waals surface area contributed by atoms with Crippen molar-refractivity contribution >= 4 is 32.7 Å². The lowest BCUT2D eigenvalue weighted by molar-refractivity contribution is -0.124. The minimum atomic E-state index is -4.13. The fourth-order valence-electron chi connectivity index (χ4n) is 1.93. The van der Waals surface area contributed by atoms with Crippen molar-refractivity contribution < 1.29 is 22.6 Å². The third kappa shape index (κ3) is 3.87. The number of hydrogen-bond acceptors (Lipinski definition) is 4. The van der Waals surface area contributed by atoms with Crippen LogP contribution in [-0.2, 0) is 19.7 Å². The van der Waals surface area contributed by atoms with E-state index in [1.165, 1.54) is 6.07 Å². The van der Waals surface area contributed by atoms with Crippen LogP contribution in [0.2, 0.25) is 0 Å². The summed E-state index contributed by atoms with van der Waals surface area (Å²) < 4.78 is 31.0. The Bertz CT molecular complexity index is 779. The molecule has 1 aliphatic rings. The maximum atomic E-state index is 11.0. The van der Waals surface area contributed by atoms with Crippen LogP contribution in [0.25, 0.3) is 10.8 Å². The summed E-state index contributed by atoms with van der Waals surface area (Å²) in [6, 6.07) is 11.8. The number of carbonyl (C=O) groups excluding carboxylic acids is 2. The molecule has 0 radical (unpaired) electrons. The average molecular weight is 307 g/mol. The summed E-state index contributed by atoms with van der Waals surface area (Å²) in [5.74, 6) is -0.296. The molecule has 0 atom stereocenters. The van der Waals surface area contributed by atoms with Gasteiger partial charge in [-0.05, 0) is 11.5 Å². The van der Waals surface area contributed by atoms with Crippen molar-refractivity contribution in [2.24, 2.45) is 0 Å². The molecule has 7 heteroatoms. The molecular formula is C14H13NO5S. The Morgan fingerprint density at radius 1 is 0.905 bits per heavy atom. The van der Waals surface area contributed by atoms with Gasteiger partial charge in [0.1, 0.15) is 4.90 Å². The van der Waals surface area contributed by atoms with Crippen molar-refractivity contribution in [2.75, 3.05) is 0 Å². The van der Waals surface area contributed by atoms with Crippen LogP contribution in [0.5, 0.6) is 0 Å². The highest BCUT2D eigenvalue weighted by atomic mass is 32.2. The first-order chi connectivity index (χ1) is 9.88. The summed E-state index contributed by atoms with van der Waals surface area (Å²) in [5.41, 5.74) is 0. The van der Waals surface area contributed by atoms with Crippen molar-refractivity contribution in [1.82, 2.24) is 5.32 Å². The highest BCUT2D eigenvalue weighted by Crippen LogP contribution is 2.21. The van der Waals surface area contributed by atoms with E-state index in [1.807, 2.05) is 6.07 Å². The van der Waals surface area contributed by atoms with Crippen molar-refractivity contribution in [3.63, 3.8) is 0 Å². The Kier molecular flexibility index (Phi) is 4.35. The predicted molar refractivity (Wildman–Crippen MR) is 76.1 cm³/mol. The minimum Gasteiger partial charge on any atom is -0.296 e. The van der Waals surface area contributed by atoms with Gasteiger partial charge in [0, 0.05) is 18.2 Å². The number of nitrogens with one attached hydrogen (secondary N) is 1. The molecule has 1 saturated heterocycles. The highest BCUT2D eigenvalue weighted by Gasteiger charge is 2.15. The largest absolute Gasteiger partial charge is 0.296 e. The summed E-state index contributed by atoms with van der Waals surface area (Å²) in [4.78, 5) is 20.2. The number of rotatable bonds is 1. The molecule has 0 saturated carbocycles. The fraction of sp³-hybridized carbons (Fsp3) is 0.143. The average Bonchev–Trinajstić information content (AvgIpc) is 2.81. The second-order valence-corrected chi connectivity index (χ2v) is 5.81. The first-order valence-electron chi connectivity index (χ1n) is 6.16. The standard InChI is InChI=1S/C10H8O3S.C4H5NO2/c11-14(12,13)10-7-3-5-8-4-1-2-6-9(8)10;6-3-1-2-4(7)5-3/h1-7H,(H,11,12,13);1-2H2,(H,5,6,7). The molecule has 0 unspecified atom stereocenters. The monoisotopic (exact) mass is 307 g/mol. The maximum absolute atomic E-state index is 11.0. The quantitative estimate of drug-likeness (QED) is 0.614. The Balaban J connectivity index is 0.000000194. The summed E-state index contributed by atoms with van der Waals surface area (Å²) in [7, 11) is -4.13. The van der Waals surface area contributed by atoms with Gasteiger partial charge in [0.15, 0.2) is 0 Å². The molecule has 0 aliphatic carbocycles. The normalized spacial score (nSPS) is 14.5. The molecule has 1 aliphatic heterocycles. The van der Waals surface area contributed by atoms with Gasteiger partial charge in [-0.2, -0.15) is 8.42 Å². The summed E-state index contributed by atoms with van der Waals surface area (Å²) in [5, 5.41) is 3.47. The van der Waals surface area contributed by atoms with Crippen LogP contribution < -0.4 is 5.32 Å². The maximum Gasteiger partial charge on any atom is 0.295 e. The van der Waals surface area contributed by atoms with E-state index in [9.17, 15) is 18.0 Å². The van der Waals surface area contributed by atoms with E-state index < -0.39 is 10.1 Å². The highest BCUT2D eigenvalue weighted by molar-refractivity contribution is 7.86. The first-order valence-corrected chi connectivity index (χ1v) is 7.60. The number of fused-ring (bicyclic) bond motifs is 1. The molecule has 3 rings (SSSR count). The number of amides is 2. The summed E-state index contributed by atoms with van der Waals surface area (Å²) in [6.07, 6.45) is 0.748. The van der Waals surface area contributed by atoms with Crippen LogP contribution in [0.15, 0.2) is 47.4 Å². The first kappa shape index (κ1) is 15.1. The van der Waals surface area contributed by atoms with Crippen molar-refractivity contribution in [2.45, 2.75) is 17.7 Å². The lowest BCUT2D eigenvalue weighted by Crippen LogP contribution is -2.18. The second-order valence-electron chi connectivity index (χ2n) is 4.42. The van der Waals surface area contributed by atoms with Gasteiger partial charge >= 0.3 is 0 Å². The zero-order valence-corrected chi connectivity index (χ0v) is 11.8. The minimum absolute atomic E-state index is 0.0457.